The number of likely N-dealkylation sites (N-methyl/N-ethyl adjacent to an activating group) is 1. The minimum atomic E-state index is -1.04. The second-order valence-corrected chi connectivity index (χ2v) is 12.5. The highest BCUT2D eigenvalue weighted by Gasteiger charge is 2.73. The third-order valence-electron chi connectivity index (χ3n) is 10.4. The van der Waals surface area contributed by atoms with Crippen LogP contribution in [-0.4, -0.2) is 70.7 Å². The molecule has 4 aliphatic rings. The highest BCUT2D eigenvalue weighted by atomic mass is 16.6. The van der Waals surface area contributed by atoms with Gasteiger partial charge in [0, 0.05) is 38.2 Å². The molecule has 222 valence electrons. The predicted molar refractivity (Wildman–Crippen MR) is 164 cm³/mol. The molecule has 2 fully saturated rings. The smallest absolute Gasteiger partial charge is 0.308 e. The Morgan fingerprint density at radius 3 is 2.56 bits per heavy atom. The summed E-state index contributed by atoms with van der Waals surface area (Å²) in [7, 11) is 1.83. The van der Waals surface area contributed by atoms with Gasteiger partial charge in [-0.3, -0.25) is 14.5 Å². The molecule has 2 aliphatic carbocycles. The van der Waals surface area contributed by atoms with E-state index in [1.807, 2.05) is 61.7 Å². The van der Waals surface area contributed by atoms with Crippen LogP contribution in [0.1, 0.15) is 48.4 Å². The van der Waals surface area contributed by atoms with E-state index in [0.29, 0.717) is 37.2 Å². The van der Waals surface area contributed by atoms with Crippen molar-refractivity contribution in [1.82, 2.24) is 9.80 Å². The third kappa shape index (κ3) is 4.40. The van der Waals surface area contributed by atoms with Crippen molar-refractivity contribution in [2.75, 3.05) is 20.1 Å². The third-order valence-corrected chi connectivity index (χ3v) is 10.4. The maximum Gasteiger partial charge on any atom is 0.308 e. The maximum absolute atomic E-state index is 13.5. The van der Waals surface area contributed by atoms with Gasteiger partial charge in [0.1, 0.15) is 6.10 Å². The molecule has 1 saturated carbocycles. The molecule has 1 saturated heterocycles. The first-order valence-electron chi connectivity index (χ1n) is 15.3. The summed E-state index contributed by atoms with van der Waals surface area (Å²) in [6.07, 6.45) is 6.46. The maximum atomic E-state index is 13.5. The highest BCUT2D eigenvalue weighted by Crippen LogP contribution is 2.66. The van der Waals surface area contributed by atoms with Crippen molar-refractivity contribution in [3.8, 4) is 11.5 Å². The fourth-order valence-electron chi connectivity index (χ4n) is 8.42. The van der Waals surface area contributed by atoms with Crippen LogP contribution in [0.5, 0.6) is 11.5 Å². The zero-order valence-electron chi connectivity index (χ0n) is 24.7. The van der Waals surface area contributed by atoms with Gasteiger partial charge in [0.2, 0.25) is 5.91 Å². The van der Waals surface area contributed by atoms with Crippen molar-refractivity contribution in [2.24, 2.45) is 0 Å². The number of esters is 1. The molecule has 1 spiro atoms. The molecule has 7 nitrogen and oxygen atoms in total. The van der Waals surface area contributed by atoms with E-state index in [1.165, 1.54) is 12.5 Å². The van der Waals surface area contributed by atoms with Gasteiger partial charge in [-0.25, -0.2) is 0 Å². The summed E-state index contributed by atoms with van der Waals surface area (Å²) in [5.74, 6) is 0.420. The van der Waals surface area contributed by atoms with Crippen LogP contribution < -0.4 is 9.47 Å². The Bertz CT molecular complexity index is 1570. The van der Waals surface area contributed by atoms with E-state index < -0.39 is 23.1 Å². The molecule has 2 unspecified atom stereocenters. The number of ether oxygens (including phenoxy) is 2. The monoisotopic (exact) mass is 578 g/mol. The van der Waals surface area contributed by atoms with E-state index in [9.17, 15) is 14.7 Å². The summed E-state index contributed by atoms with van der Waals surface area (Å²) < 4.78 is 12.4. The fraction of sp³-hybridized carbons (Fsp3) is 0.389. The zero-order valence-corrected chi connectivity index (χ0v) is 24.7. The lowest BCUT2D eigenvalue weighted by Gasteiger charge is -2.64. The number of piperidine rings is 1. The van der Waals surface area contributed by atoms with Gasteiger partial charge in [0.05, 0.1) is 17.1 Å². The molecule has 0 radical (unpaired) electrons. The fourth-order valence-corrected chi connectivity index (χ4v) is 8.42. The van der Waals surface area contributed by atoms with Gasteiger partial charge < -0.3 is 19.5 Å². The van der Waals surface area contributed by atoms with E-state index in [2.05, 4.69) is 29.2 Å². The molecule has 43 heavy (non-hydrogen) atoms. The number of likely N-dealkylation sites (tertiary alicyclic amines) is 1. The van der Waals surface area contributed by atoms with Crippen molar-refractivity contribution in [1.29, 1.82) is 0 Å². The Kier molecular flexibility index (Phi) is 6.90. The molecular formula is C36H38N2O5. The summed E-state index contributed by atoms with van der Waals surface area (Å²) in [5, 5.41) is 12.9. The van der Waals surface area contributed by atoms with Crippen LogP contribution >= 0.6 is 0 Å². The lowest BCUT2D eigenvalue weighted by Crippen LogP contribution is -2.78. The number of hydrogen-bond acceptors (Lipinski definition) is 6. The lowest BCUT2D eigenvalue weighted by molar-refractivity contribution is -0.199. The van der Waals surface area contributed by atoms with Crippen LogP contribution in [0.4, 0.5) is 0 Å². The molecular weight excluding hydrogens is 540 g/mol. The lowest BCUT2D eigenvalue weighted by atomic mass is 9.48. The van der Waals surface area contributed by atoms with E-state index in [-0.39, 0.29) is 18.0 Å². The highest BCUT2D eigenvalue weighted by molar-refractivity contribution is 5.92. The van der Waals surface area contributed by atoms with Gasteiger partial charge in [-0.1, -0.05) is 66.7 Å². The summed E-state index contributed by atoms with van der Waals surface area (Å²) >= 11 is 0. The number of hydrogen-bond donors (Lipinski definition) is 1. The Hall–Kier alpha value is -3.94. The van der Waals surface area contributed by atoms with Crippen LogP contribution in [-0.2, 0) is 27.8 Å². The first kappa shape index (κ1) is 27.9. The summed E-state index contributed by atoms with van der Waals surface area (Å²) in [6, 6.07) is 23.8. The number of carbonyl (C=O) groups is 2. The van der Waals surface area contributed by atoms with Crippen LogP contribution in [0, 0.1) is 0 Å². The van der Waals surface area contributed by atoms with Gasteiger partial charge >= 0.3 is 5.97 Å². The second kappa shape index (κ2) is 10.6. The van der Waals surface area contributed by atoms with Crippen molar-refractivity contribution in [3.05, 3.63) is 101 Å². The number of carbonyl (C=O) groups excluding carboxylic acids is 2. The molecule has 1 amide bonds. The van der Waals surface area contributed by atoms with Crippen molar-refractivity contribution in [3.63, 3.8) is 0 Å². The molecule has 1 N–H and O–H groups in total. The van der Waals surface area contributed by atoms with E-state index in [0.717, 1.165) is 36.2 Å². The van der Waals surface area contributed by atoms with Gasteiger partial charge in [-0.05, 0) is 67.5 Å². The van der Waals surface area contributed by atoms with Crippen molar-refractivity contribution >= 4 is 18.0 Å². The van der Waals surface area contributed by atoms with Crippen LogP contribution in [0.25, 0.3) is 6.08 Å². The largest absolute Gasteiger partial charge is 0.483 e. The van der Waals surface area contributed by atoms with Crippen LogP contribution in [0.2, 0.25) is 0 Å². The number of rotatable bonds is 7. The Morgan fingerprint density at radius 2 is 1.81 bits per heavy atom. The Labute approximate surface area is 252 Å². The average Bonchev–Trinajstić information content (AvgIpc) is 3.36. The first-order chi connectivity index (χ1) is 20.8. The predicted octanol–water partition coefficient (Wildman–Crippen LogP) is 4.55. The molecule has 2 heterocycles. The minimum absolute atomic E-state index is 0.0750. The van der Waals surface area contributed by atoms with Crippen molar-refractivity contribution in [2.45, 2.75) is 68.2 Å². The number of amides is 1. The normalized spacial score (nSPS) is 28.7. The van der Waals surface area contributed by atoms with Gasteiger partial charge in [0.25, 0.3) is 0 Å². The topological polar surface area (TPSA) is 79.3 Å². The standard InChI is InChI=1S/C36H38N2O5/c1-24(39)42-29-15-14-27-23-30-36(41)19-17-28(37(2)31(40)16-13-25-9-5-3-6-10-25)34-35(36,32(27)33(29)43-34)20-22-38(30)21-18-26-11-7-4-8-12-26/h3-16,28,30,34,41H,17-23H2,1-2H3/b16-13+/t28?,30-,34?,35+,36-/m1/s1. The minimum Gasteiger partial charge on any atom is -0.483 e. The van der Waals surface area contributed by atoms with Crippen molar-refractivity contribution < 1.29 is 24.2 Å². The van der Waals surface area contributed by atoms with Crippen LogP contribution in [0.3, 0.4) is 0 Å². The molecule has 5 atom stereocenters. The quantitative estimate of drug-likeness (QED) is 0.252. The molecule has 3 aromatic rings. The van der Waals surface area contributed by atoms with Gasteiger partial charge in [-0.2, -0.15) is 0 Å². The van der Waals surface area contributed by atoms with E-state index >= 15 is 0 Å². The van der Waals surface area contributed by atoms with Gasteiger partial charge in [-0.15, -0.1) is 0 Å². The SMILES string of the molecule is CC(=O)Oc1ccc2c3c1OC1C(N(C)C(=O)/C=C/c4ccccc4)CC[C@@]4(O)[C@@H](C2)N(CCc2ccccc2)CC[C@]314. The number of nitrogens with zero attached hydrogens (tertiary/aromatic N) is 2. The number of aliphatic hydroxyl groups is 1. The Morgan fingerprint density at radius 1 is 1.07 bits per heavy atom. The first-order valence-corrected chi connectivity index (χ1v) is 15.3. The molecule has 7 rings (SSSR count). The molecule has 2 bridgehead atoms. The molecule has 3 aromatic carbocycles. The van der Waals surface area contributed by atoms with E-state index in [1.54, 1.807) is 11.0 Å². The number of benzene rings is 3. The summed E-state index contributed by atoms with van der Waals surface area (Å²) in [5.41, 5.74) is 2.60. The molecule has 2 aliphatic heterocycles. The average molecular weight is 579 g/mol. The molecule has 7 heteroatoms. The summed E-state index contributed by atoms with van der Waals surface area (Å²) in [4.78, 5) is 29.8. The Balaban J connectivity index is 1.25. The van der Waals surface area contributed by atoms with Gasteiger partial charge in [0.15, 0.2) is 11.5 Å². The summed E-state index contributed by atoms with van der Waals surface area (Å²) in [6.45, 7) is 3.06. The van der Waals surface area contributed by atoms with E-state index in [4.69, 9.17) is 9.47 Å². The zero-order chi connectivity index (χ0) is 29.8. The molecule has 0 aromatic heterocycles. The van der Waals surface area contributed by atoms with Crippen LogP contribution in [0.15, 0.2) is 78.9 Å². The second-order valence-electron chi connectivity index (χ2n) is 12.5.